The summed E-state index contributed by atoms with van der Waals surface area (Å²) in [6, 6.07) is 1.72. The van der Waals surface area contributed by atoms with Crippen LogP contribution in [-0.2, 0) is 14.3 Å². The molecule has 0 aliphatic carbocycles. The second kappa shape index (κ2) is 11.1. The Bertz CT molecular complexity index is 1080. The van der Waals surface area contributed by atoms with E-state index in [4.69, 9.17) is 15.0 Å². The maximum atomic E-state index is 11.4. The summed E-state index contributed by atoms with van der Waals surface area (Å²) in [5.74, 6) is -0.971. The molecule has 0 aromatic carbocycles. The number of rotatable bonds is 6. The van der Waals surface area contributed by atoms with Crippen molar-refractivity contribution in [3.8, 4) is 0 Å². The molecule has 0 radical (unpaired) electrons. The highest BCUT2D eigenvalue weighted by atomic mass is 32.1. The van der Waals surface area contributed by atoms with Crippen molar-refractivity contribution in [2.75, 3.05) is 13.2 Å². The van der Waals surface area contributed by atoms with Crippen LogP contribution in [0.1, 0.15) is 40.0 Å². The van der Waals surface area contributed by atoms with Gasteiger partial charge in [-0.05, 0) is 45.4 Å². The number of nitrogens with zero attached hydrogens (tertiary/aromatic N) is 5. The fraction of sp³-hybridized carbons (Fsp3) is 0.333. The molecule has 0 fully saturated rings. The molecule has 1 N–H and O–H groups in total. The number of azide groups is 1. The van der Waals surface area contributed by atoms with E-state index in [1.165, 1.54) is 28.7 Å². The smallest absolute Gasteiger partial charge is 0.354 e. The Morgan fingerprint density at radius 2 is 1.97 bits per heavy atom. The van der Waals surface area contributed by atoms with Gasteiger partial charge < -0.3 is 14.5 Å². The minimum absolute atomic E-state index is 0.0883. The molecule has 3 aromatic heterocycles. The summed E-state index contributed by atoms with van der Waals surface area (Å²) in [5.41, 5.74) is 10.1. The molecule has 0 saturated carbocycles. The maximum Gasteiger partial charge on any atom is 0.354 e. The van der Waals surface area contributed by atoms with Crippen LogP contribution in [0.25, 0.3) is 26.9 Å². The van der Waals surface area contributed by atoms with E-state index < -0.39 is 5.97 Å². The zero-order valence-electron chi connectivity index (χ0n) is 16.8. The Kier molecular flexibility index (Phi) is 8.54. The second-order valence-electron chi connectivity index (χ2n) is 5.58. The number of aryl methyl sites for hydroxylation is 2. The van der Waals surface area contributed by atoms with Gasteiger partial charge in [0, 0.05) is 10.3 Å². The van der Waals surface area contributed by atoms with Crippen LogP contribution in [0.3, 0.4) is 0 Å². The first-order valence-electron chi connectivity index (χ1n) is 8.87. The predicted octanol–water partition coefficient (Wildman–Crippen LogP) is 4.78. The molecule has 0 saturated heterocycles. The number of hydrogen-bond acceptors (Lipinski definition) is 9. The van der Waals surface area contributed by atoms with Crippen molar-refractivity contribution < 1.29 is 19.1 Å². The molecule has 0 atom stereocenters. The molecular formula is C18H20N6O4S2. The standard InChI is InChI=1S/C9H10N4O2S.C9H10N2O2S/c1-3-15-9(14)8(12-13-10)4-7-5-16-6(2)11-7;1-3-13-9(12)7-4-6-8(11-7)14-5(2)10-6/h4-5H,3H2,1-2H3;4,11H,3H2,1-2H3/b8-4-;. The lowest BCUT2D eigenvalue weighted by atomic mass is 10.3. The van der Waals surface area contributed by atoms with E-state index in [1.54, 1.807) is 25.3 Å². The van der Waals surface area contributed by atoms with Crippen molar-refractivity contribution in [1.82, 2.24) is 15.0 Å². The third-order valence-corrected chi connectivity index (χ3v) is 5.04. The molecule has 0 amide bonds. The molecule has 0 spiro atoms. The number of esters is 2. The molecule has 10 nitrogen and oxygen atoms in total. The normalized spacial score (nSPS) is 10.7. The Hall–Kier alpha value is -3.21. The van der Waals surface area contributed by atoms with Crippen LogP contribution < -0.4 is 0 Å². The van der Waals surface area contributed by atoms with Gasteiger partial charge >= 0.3 is 11.9 Å². The Morgan fingerprint density at radius 1 is 1.23 bits per heavy atom. The van der Waals surface area contributed by atoms with Gasteiger partial charge in [-0.1, -0.05) is 5.11 Å². The summed E-state index contributed by atoms with van der Waals surface area (Å²) in [6.07, 6.45) is 1.40. The van der Waals surface area contributed by atoms with Crippen molar-refractivity contribution in [3.63, 3.8) is 0 Å². The minimum atomic E-state index is -0.647. The van der Waals surface area contributed by atoms with Gasteiger partial charge in [-0.15, -0.1) is 22.7 Å². The third kappa shape index (κ3) is 6.41. The number of nitrogens with one attached hydrogen (secondary N) is 1. The van der Waals surface area contributed by atoms with Gasteiger partial charge in [0.25, 0.3) is 0 Å². The Morgan fingerprint density at radius 3 is 2.53 bits per heavy atom. The minimum Gasteiger partial charge on any atom is -0.462 e. The molecule has 158 valence electrons. The molecule has 0 unspecified atom stereocenters. The summed E-state index contributed by atoms with van der Waals surface area (Å²) < 4.78 is 9.60. The number of aromatic amines is 1. The van der Waals surface area contributed by atoms with Crippen LogP contribution >= 0.6 is 22.7 Å². The topological polar surface area (TPSA) is 143 Å². The van der Waals surface area contributed by atoms with E-state index >= 15 is 0 Å². The van der Waals surface area contributed by atoms with E-state index in [9.17, 15) is 9.59 Å². The van der Waals surface area contributed by atoms with Crippen LogP contribution in [-0.4, -0.2) is 40.1 Å². The van der Waals surface area contributed by atoms with Crippen LogP contribution in [0.4, 0.5) is 0 Å². The monoisotopic (exact) mass is 448 g/mol. The average Bonchev–Trinajstić information content (AvgIpc) is 3.37. The van der Waals surface area contributed by atoms with Gasteiger partial charge in [0.1, 0.15) is 21.7 Å². The number of H-pyrrole nitrogens is 1. The summed E-state index contributed by atoms with van der Waals surface area (Å²) in [7, 11) is 0. The fourth-order valence-corrected chi connectivity index (χ4v) is 3.59. The molecule has 30 heavy (non-hydrogen) atoms. The summed E-state index contributed by atoms with van der Waals surface area (Å²) in [5, 5.41) is 6.90. The van der Waals surface area contributed by atoms with Gasteiger partial charge in [-0.25, -0.2) is 19.6 Å². The van der Waals surface area contributed by atoms with Crippen molar-refractivity contribution in [3.05, 3.63) is 49.0 Å². The predicted molar refractivity (Wildman–Crippen MR) is 115 cm³/mol. The molecule has 0 bridgehead atoms. The van der Waals surface area contributed by atoms with Crippen LogP contribution in [0, 0.1) is 13.8 Å². The number of fused-ring (bicyclic) bond motifs is 1. The van der Waals surface area contributed by atoms with E-state index in [1.807, 2.05) is 13.8 Å². The van der Waals surface area contributed by atoms with Gasteiger partial charge in [0.05, 0.1) is 28.9 Å². The molecule has 12 heteroatoms. The van der Waals surface area contributed by atoms with Crippen molar-refractivity contribution in [2.24, 2.45) is 5.11 Å². The Labute approximate surface area is 180 Å². The molecule has 0 aliphatic rings. The van der Waals surface area contributed by atoms with Gasteiger partial charge in [-0.3, -0.25) is 0 Å². The first kappa shape index (κ1) is 23.1. The van der Waals surface area contributed by atoms with E-state index in [0.717, 1.165) is 20.4 Å². The van der Waals surface area contributed by atoms with Crippen LogP contribution in [0.2, 0.25) is 0 Å². The van der Waals surface area contributed by atoms with Crippen LogP contribution in [0.5, 0.6) is 0 Å². The fourth-order valence-electron chi connectivity index (χ4n) is 2.21. The second-order valence-corrected chi connectivity index (χ2v) is 7.85. The number of carbonyl (C=O) groups excluding carboxylic acids is 2. The summed E-state index contributed by atoms with van der Waals surface area (Å²) in [4.78, 5) is 37.5. The molecule has 0 aliphatic heterocycles. The van der Waals surface area contributed by atoms with Gasteiger partial charge in [0.15, 0.2) is 0 Å². The lowest BCUT2D eigenvalue weighted by Gasteiger charge is -1.99. The highest BCUT2D eigenvalue weighted by Crippen LogP contribution is 2.21. The first-order valence-corrected chi connectivity index (χ1v) is 10.6. The highest BCUT2D eigenvalue weighted by molar-refractivity contribution is 7.18. The van der Waals surface area contributed by atoms with Crippen molar-refractivity contribution in [1.29, 1.82) is 0 Å². The SMILES string of the molecule is CCOC(=O)/C(=C/c1csc(C)n1)N=[N+]=[N-].CCOC(=O)c1cc2nc(C)sc2[nH]1. The summed E-state index contributed by atoms with van der Waals surface area (Å²) >= 11 is 2.98. The average molecular weight is 449 g/mol. The maximum absolute atomic E-state index is 11.4. The van der Waals surface area contributed by atoms with Gasteiger partial charge in [0.2, 0.25) is 0 Å². The number of ether oxygens (including phenoxy) is 2. The van der Waals surface area contributed by atoms with Crippen LogP contribution in [0.15, 0.2) is 22.3 Å². The van der Waals surface area contributed by atoms with E-state index in [2.05, 4.69) is 25.0 Å². The lowest BCUT2D eigenvalue weighted by Crippen LogP contribution is -2.05. The molecule has 3 heterocycles. The molecular weight excluding hydrogens is 428 g/mol. The number of thiazole rings is 2. The largest absolute Gasteiger partial charge is 0.462 e. The summed E-state index contributed by atoms with van der Waals surface area (Å²) in [6.45, 7) is 7.86. The van der Waals surface area contributed by atoms with E-state index in [0.29, 0.717) is 18.0 Å². The van der Waals surface area contributed by atoms with Gasteiger partial charge in [-0.2, -0.15) is 0 Å². The first-order chi connectivity index (χ1) is 14.4. The van der Waals surface area contributed by atoms with E-state index in [-0.39, 0.29) is 18.3 Å². The van der Waals surface area contributed by atoms with Crippen molar-refractivity contribution in [2.45, 2.75) is 27.7 Å². The number of aromatic nitrogens is 3. The quantitative estimate of drug-likeness (QED) is 0.189. The number of carbonyl (C=O) groups is 2. The zero-order valence-corrected chi connectivity index (χ0v) is 18.5. The lowest BCUT2D eigenvalue weighted by molar-refractivity contribution is -0.138. The Balaban J connectivity index is 0.000000215. The number of hydrogen-bond donors (Lipinski definition) is 1. The zero-order chi connectivity index (χ0) is 22.1. The molecule has 3 aromatic rings. The molecule has 3 rings (SSSR count). The highest BCUT2D eigenvalue weighted by Gasteiger charge is 2.12. The van der Waals surface area contributed by atoms with Crippen molar-refractivity contribution >= 4 is 51.0 Å². The third-order valence-electron chi connectivity index (χ3n) is 3.34.